The molecule has 20 heavy (non-hydrogen) atoms. The van der Waals surface area contributed by atoms with Gasteiger partial charge in [0, 0.05) is 17.8 Å². The van der Waals surface area contributed by atoms with Gasteiger partial charge in [-0.25, -0.2) is 0 Å². The Kier molecular flexibility index (Phi) is 5.23. The minimum atomic E-state index is 0.484. The van der Waals surface area contributed by atoms with Crippen molar-refractivity contribution in [1.82, 2.24) is 15.1 Å². The third-order valence-corrected chi connectivity index (χ3v) is 3.52. The number of thiocarbonyl (C=S) groups is 1. The van der Waals surface area contributed by atoms with E-state index < -0.39 is 0 Å². The quantitative estimate of drug-likeness (QED) is 0.840. The highest BCUT2D eigenvalue weighted by Crippen LogP contribution is 2.25. The average molecular weight is 329 g/mol. The molecule has 0 bridgehead atoms. The molecule has 0 saturated carbocycles. The highest BCUT2D eigenvalue weighted by atomic mass is 35.5. The lowest BCUT2D eigenvalue weighted by molar-refractivity contribution is 0.614. The number of nitrogens with one attached hydrogen (secondary N) is 2. The molecular formula is C13H14Cl2N4S. The molecule has 0 amide bonds. The van der Waals surface area contributed by atoms with Crippen molar-refractivity contribution in [2.45, 2.75) is 20.0 Å². The van der Waals surface area contributed by atoms with Crippen molar-refractivity contribution in [3.05, 3.63) is 46.2 Å². The van der Waals surface area contributed by atoms with Crippen LogP contribution in [-0.2, 0) is 13.1 Å². The van der Waals surface area contributed by atoms with Crippen molar-refractivity contribution in [2.75, 3.05) is 5.32 Å². The Balaban J connectivity index is 1.94. The monoisotopic (exact) mass is 328 g/mol. The minimum Gasteiger partial charge on any atom is -0.357 e. The molecule has 0 spiro atoms. The van der Waals surface area contributed by atoms with Gasteiger partial charge in [-0.3, -0.25) is 4.68 Å². The summed E-state index contributed by atoms with van der Waals surface area (Å²) in [5, 5.41) is 12.0. The van der Waals surface area contributed by atoms with E-state index in [1.54, 1.807) is 24.4 Å². The second-order valence-corrected chi connectivity index (χ2v) is 5.32. The molecule has 0 aliphatic rings. The fraction of sp³-hybridized carbons (Fsp3) is 0.231. The van der Waals surface area contributed by atoms with Gasteiger partial charge >= 0.3 is 0 Å². The van der Waals surface area contributed by atoms with Crippen LogP contribution in [0.3, 0.4) is 0 Å². The standard InChI is InChI=1S/C13H14Cl2N4S/c1-2-19-10(5-6-17-19)8-16-13(20)18-12-7-9(14)3-4-11(12)15/h3-7H,2,8H2,1H3,(H2,16,18,20). The molecule has 1 aromatic carbocycles. The van der Waals surface area contributed by atoms with Crippen LogP contribution in [-0.4, -0.2) is 14.9 Å². The molecule has 7 heteroatoms. The zero-order valence-electron chi connectivity index (χ0n) is 10.9. The second kappa shape index (κ2) is 6.92. The van der Waals surface area contributed by atoms with Crippen molar-refractivity contribution >= 4 is 46.2 Å². The van der Waals surface area contributed by atoms with Gasteiger partial charge in [0.1, 0.15) is 0 Å². The van der Waals surface area contributed by atoms with Gasteiger partial charge in [0.05, 0.1) is 22.9 Å². The third kappa shape index (κ3) is 3.85. The molecule has 0 radical (unpaired) electrons. The molecule has 106 valence electrons. The summed E-state index contributed by atoms with van der Waals surface area (Å²) in [6, 6.07) is 7.13. The van der Waals surface area contributed by atoms with Crippen LogP contribution in [0.4, 0.5) is 5.69 Å². The van der Waals surface area contributed by atoms with Crippen LogP contribution < -0.4 is 10.6 Å². The number of anilines is 1. The Hall–Kier alpha value is -1.30. The van der Waals surface area contributed by atoms with Crippen LogP contribution in [0.2, 0.25) is 10.0 Å². The summed E-state index contributed by atoms with van der Waals surface area (Å²) in [6.07, 6.45) is 1.77. The zero-order chi connectivity index (χ0) is 14.5. The summed E-state index contributed by atoms with van der Waals surface area (Å²) < 4.78 is 1.90. The van der Waals surface area contributed by atoms with Crippen LogP contribution in [0.1, 0.15) is 12.6 Å². The Morgan fingerprint density at radius 3 is 2.90 bits per heavy atom. The molecule has 4 nitrogen and oxygen atoms in total. The van der Waals surface area contributed by atoms with Gasteiger partial charge in [-0.2, -0.15) is 5.10 Å². The first-order chi connectivity index (χ1) is 9.60. The molecule has 2 N–H and O–H groups in total. The molecule has 2 rings (SSSR count). The highest BCUT2D eigenvalue weighted by Gasteiger charge is 2.05. The van der Waals surface area contributed by atoms with E-state index in [0.29, 0.717) is 27.4 Å². The molecule has 0 atom stereocenters. The number of nitrogens with zero attached hydrogens (tertiary/aromatic N) is 2. The van der Waals surface area contributed by atoms with Crippen molar-refractivity contribution in [1.29, 1.82) is 0 Å². The van der Waals surface area contributed by atoms with Gasteiger partial charge in [-0.1, -0.05) is 23.2 Å². The number of hydrogen-bond acceptors (Lipinski definition) is 2. The van der Waals surface area contributed by atoms with Crippen LogP contribution in [0.15, 0.2) is 30.5 Å². The predicted molar refractivity (Wildman–Crippen MR) is 87.4 cm³/mol. The van der Waals surface area contributed by atoms with Gasteiger partial charge in [0.2, 0.25) is 0 Å². The summed E-state index contributed by atoms with van der Waals surface area (Å²) in [5.74, 6) is 0. The topological polar surface area (TPSA) is 41.9 Å². The SMILES string of the molecule is CCn1nccc1CNC(=S)Nc1cc(Cl)ccc1Cl. The molecule has 0 fully saturated rings. The normalized spacial score (nSPS) is 10.3. The van der Waals surface area contributed by atoms with Crippen molar-refractivity contribution in [2.24, 2.45) is 0 Å². The Morgan fingerprint density at radius 1 is 1.35 bits per heavy atom. The molecule has 1 aromatic heterocycles. The maximum absolute atomic E-state index is 6.07. The molecule has 0 aliphatic carbocycles. The van der Waals surface area contributed by atoms with Crippen LogP contribution in [0.25, 0.3) is 0 Å². The highest BCUT2D eigenvalue weighted by molar-refractivity contribution is 7.80. The third-order valence-electron chi connectivity index (χ3n) is 2.71. The van der Waals surface area contributed by atoms with E-state index in [-0.39, 0.29) is 0 Å². The number of aryl methyl sites for hydroxylation is 1. The van der Waals surface area contributed by atoms with Crippen LogP contribution in [0.5, 0.6) is 0 Å². The van der Waals surface area contributed by atoms with E-state index in [2.05, 4.69) is 15.7 Å². The Bertz CT molecular complexity index is 612. The number of benzene rings is 1. The van der Waals surface area contributed by atoms with E-state index in [0.717, 1.165) is 12.2 Å². The summed E-state index contributed by atoms with van der Waals surface area (Å²) in [6.45, 7) is 3.46. The van der Waals surface area contributed by atoms with Gasteiger partial charge in [0.25, 0.3) is 0 Å². The van der Waals surface area contributed by atoms with Gasteiger partial charge in [-0.15, -0.1) is 0 Å². The average Bonchev–Trinajstić information content (AvgIpc) is 2.88. The summed E-state index contributed by atoms with van der Waals surface area (Å²) in [4.78, 5) is 0. The number of hydrogen-bond donors (Lipinski definition) is 2. The van der Waals surface area contributed by atoms with Crippen molar-refractivity contribution < 1.29 is 0 Å². The molecule has 0 aliphatic heterocycles. The van der Waals surface area contributed by atoms with E-state index in [9.17, 15) is 0 Å². The first-order valence-corrected chi connectivity index (χ1v) is 7.27. The van der Waals surface area contributed by atoms with E-state index in [1.165, 1.54) is 0 Å². The summed E-state index contributed by atoms with van der Waals surface area (Å²) in [7, 11) is 0. The summed E-state index contributed by atoms with van der Waals surface area (Å²) in [5.41, 5.74) is 1.74. The first kappa shape index (κ1) is 15.1. The minimum absolute atomic E-state index is 0.484. The lowest BCUT2D eigenvalue weighted by Crippen LogP contribution is -2.29. The second-order valence-electron chi connectivity index (χ2n) is 4.07. The lowest BCUT2D eigenvalue weighted by Gasteiger charge is -2.12. The van der Waals surface area contributed by atoms with E-state index >= 15 is 0 Å². The molecule has 2 aromatic rings. The van der Waals surface area contributed by atoms with Crippen LogP contribution in [0, 0.1) is 0 Å². The molecule has 0 unspecified atom stereocenters. The number of halogens is 2. The van der Waals surface area contributed by atoms with Crippen molar-refractivity contribution in [3.63, 3.8) is 0 Å². The zero-order valence-corrected chi connectivity index (χ0v) is 13.2. The fourth-order valence-corrected chi connectivity index (χ4v) is 2.24. The molecule has 1 heterocycles. The largest absolute Gasteiger partial charge is 0.357 e. The summed E-state index contributed by atoms with van der Waals surface area (Å²) >= 11 is 17.2. The lowest BCUT2D eigenvalue weighted by atomic mass is 10.3. The first-order valence-electron chi connectivity index (χ1n) is 6.10. The smallest absolute Gasteiger partial charge is 0.171 e. The molecular weight excluding hydrogens is 315 g/mol. The maximum Gasteiger partial charge on any atom is 0.171 e. The van der Waals surface area contributed by atoms with Gasteiger partial charge in [0.15, 0.2) is 5.11 Å². The van der Waals surface area contributed by atoms with Gasteiger partial charge in [-0.05, 0) is 43.4 Å². The number of rotatable bonds is 4. The van der Waals surface area contributed by atoms with E-state index in [1.807, 2.05) is 17.7 Å². The maximum atomic E-state index is 6.07. The van der Waals surface area contributed by atoms with Crippen LogP contribution >= 0.6 is 35.4 Å². The Labute approximate surface area is 133 Å². The molecule has 0 saturated heterocycles. The number of aromatic nitrogens is 2. The fourth-order valence-electron chi connectivity index (χ4n) is 1.73. The van der Waals surface area contributed by atoms with Gasteiger partial charge < -0.3 is 10.6 Å². The Morgan fingerprint density at radius 2 is 2.15 bits per heavy atom. The van der Waals surface area contributed by atoms with Crippen molar-refractivity contribution in [3.8, 4) is 0 Å². The predicted octanol–water partition coefficient (Wildman–Crippen LogP) is 3.70. The van der Waals surface area contributed by atoms with E-state index in [4.69, 9.17) is 35.4 Å².